The smallest absolute Gasteiger partial charge is 0.0337 e. The first-order valence-electron chi connectivity index (χ1n) is 4.39. The number of allylic oxidation sites excluding steroid dienone is 3. The maximum Gasteiger partial charge on any atom is 0.0337 e. The van der Waals surface area contributed by atoms with Crippen molar-refractivity contribution >= 4 is 6.21 Å². The summed E-state index contributed by atoms with van der Waals surface area (Å²) < 4.78 is 0. The van der Waals surface area contributed by atoms with E-state index in [1.807, 2.05) is 24.6 Å². The fourth-order valence-corrected chi connectivity index (χ4v) is 1.27. The fourth-order valence-electron chi connectivity index (χ4n) is 1.27. The molecular weight excluding hydrogens is 158 g/mol. The van der Waals surface area contributed by atoms with Gasteiger partial charge in [-0.1, -0.05) is 36.4 Å². The summed E-state index contributed by atoms with van der Waals surface area (Å²) >= 11 is 0. The SMILES string of the molecule is C1=CC(=CCc2ccccc2)C=N1. The second kappa shape index (κ2) is 3.85. The summed E-state index contributed by atoms with van der Waals surface area (Å²) in [5.74, 6) is 0. The van der Waals surface area contributed by atoms with Crippen molar-refractivity contribution in [3.63, 3.8) is 0 Å². The average molecular weight is 169 g/mol. The first-order valence-corrected chi connectivity index (χ1v) is 4.39. The van der Waals surface area contributed by atoms with Crippen LogP contribution in [0.3, 0.4) is 0 Å². The number of aliphatic imine (C=N–C) groups is 1. The van der Waals surface area contributed by atoms with Crippen molar-refractivity contribution in [2.24, 2.45) is 4.99 Å². The van der Waals surface area contributed by atoms with Gasteiger partial charge in [0, 0.05) is 12.4 Å². The topological polar surface area (TPSA) is 12.4 Å². The monoisotopic (exact) mass is 169 g/mol. The van der Waals surface area contributed by atoms with Crippen LogP contribution in [0.5, 0.6) is 0 Å². The van der Waals surface area contributed by atoms with Crippen LogP contribution in [0.25, 0.3) is 0 Å². The van der Waals surface area contributed by atoms with Gasteiger partial charge in [0.05, 0.1) is 0 Å². The molecule has 0 bridgehead atoms. The van der Waals surface area contributed by atoms with Crippen LogP contribution in [0, 0.1) is 0 Å². The fraction of sp³-hybridized carbons (Fsp3) is 0.0833. The quantitative estimate of drug-likeness (QED) is 0.645. The number of hydrogen-bond donors (Lipinski definition) is 0. The molecular formula is C12H11N. The molecule has 0 radical (unpaired) electrons. The van der Waals surface area contributed by atoms with E-state index >= 15 is 0 Å². The molecule has 1 aromatic rings. The van der Waals surface area contributed by atoms with E-state index < -0.39 is 0 Å². The Morgan fingerprint density at radius 2 is 2.00 bits per heavy atom. The van der Waals surface area contributed by atoms with E-state index in [-0.39, 0.29) is 0 Å². The van der Waals surface area contributed by atoms with Gasteiger partial charge in [0.1, 0.15) is 0 Å². The Hall–Kier alpha value is -1.63. The lowest BCUT2D eigenvalue weighted by molar-refractivity contribution is 1.26. The van der Waals surface area contributed by atoms with Crippen molar-refractivity contribution < 1.29 is 0 Å². The van der Waals surface area contributed by atoms with Gasteiger partial charge in [-0.2, -0.15) is 0 Å². The van der Waals surface area contributed by atoms with Crippen LogP contribution in [0.2, 0.25) is 0 Å². The molecule has 0 spiro atoms. The van der Waals surface area contributed by atoms with E-state index in [4.69, 9.17) is 0 Å². The summed E-state index contributed by atoms with van der Waals surface area (Å²) in [6.45, 7) is 0. The van der Waals surface area contributed by atoms with Crippen LogP contribution in [0.15, 0.2) is 59.2 Å². The van der Waals surface area contributed by atoms with E-state index in [2.05, 4.69) is 35.3 Å². The Bertz CT molecular complexity index is 344. The molecule has 1 aliphatic rings. The zero-order valence-corrected chi connectivity index (χ0v) is 7.35. The third kappa shape index (κ3) is 2.15. The molecule has 1 heterocycles. The highest BCUT2D eigenvalue weighted by Crippen LogP contribution is 2.05. The summed E-state index contributed by atoms with van der Waals surface area (Å²) in [4.78, 5) is 4.00. The number of hydrogen-bond acceptors (Lipinski definition) is 1. The zero-order valence-electron chi connectivity index (χ0n) is 7.35. The van der Waals surface area contributed by atoms with E-state index in [0.717, 1.165) is 6.42 Å². The first-order chi connectivity index (χ1) is 6.45. The van der Waals surface area contributed by atoms with Gasteiger partial charge < -0.3 is 0 Å². The summed E-state index contributed by atoms with van der Waals surface area (Å²) in [5.41, 5.74) is 2.53. The van der Waals surface area contributed by atoms with E-state index in [1.165, 1.54) is 11.1 Å². The molecule has 0 saturated carbocycles. The minimum absolute atomic E-state index is 0.979. The second-order valence-corrected chi connectivity index (χ2v) is 2.99. The van der Waals surface area contributed by atoms with Crippen molar-refractivity contribution in [1.29, 1.82) is 0 Å². The maximum atomic E-state index is 4.00. The van der Waals surface area contributed by atoms with Crippen molar-refractivity contribution in [1.82, 2.24) is 0 Å². The van der Waals surface area contributed by atoms with Crippen molar-refractivity contribution in [2.75, 3.05) is 0 Å². The lowest BCUT2D eigenvalue weighted by atomic mass is 10.1. The molecule has 2 rings (SSSR count). The lowest BCUT2D eigenvalue weighted by Crippen LogP contribution is -1.82. The van der Waals surface area contributed by atoms with Gasteiger partial charge in [-0.3, -0.25) is 4.99 Å². The third-order valence-electron chi connectivity index (χ3n) is 1.99. The van der Waals surface area contributed by atoms with E-state index in [0.29, 0.717) is 0 Å². The molecule has 0 fully saturated rings. The minimum Gasteiger partial charge on any atom is -0.264 e. The van der Waals surface area contributed by atoms with Crippen LogP contribution in [0.1, 0.15) is 5.56 Å². The molecule has 0 aromatic heterocycles. The lowest BCUT2D eigenvalue weighted by Gasteiger charge is -1.94. The van der Waals surface area contributed by atoms with E-state index in [9.17, 15) is 0 Å². The highest BCUT2D eigenvalue weighted by Gasteiger charge is 1.92. The van der Waals surface area contributed by atoms with Gasteiger partial charge in [0.25, 0.3) is 0 Å². The molecule has 13 heavy (non-hydrogen) atoms. The van der Waals surface area contributed by atoms with Gasteiger partial charge in [-0.15, -0.1) is 0 Å². The molecule has 0 unspecified atom stereocenters. The Morgan fingerprint density at radius 3 is 2.69 bits per heavy atom. The third-order valence-corrected chi connectivity index (χ3v) is 1.99. The average Bonchev–Trinajstić information content (AvgIpc) is 2.69. The molecule has 0 N–H and O–H groups in total. The molecule has 0 atom stereocenters. The maximum absolute atomic E-state index is 4.00. The number of nitrogens with zero attached hydrogens (tertiary/aromatic N) is 1. The Morgan fingerprint density at radius 1 is 1.15 bits per heavy atom. The summed E-state index contributed by atoms with van der Waals surface area (Å²) in [5, 5.41) is 0. The Kier molecular flexibility index (Phi) is 2.37. The Labute approximate surface area is 78.1 Å². The second-order valence-electron chi connectivity index (χ2n) is 2.99. The minimum atomic E-state index is 0.979. The van der Waals surface area contributed by atoms with Crippen LogP contribution in [-0.2, 0) is 6.42 Å². The Balaban J connectivity index is 2.04. The number of benzene rings is 1. The van der Waals surface area contributed by atoms with Crippen molar-refractivity contribution in [2.45, 2.75) is 6.42 Å². The van der Waals surface area contributed by atoms with Crippen LogP contribution in [-0.4, -0.2) is 6.21 Å². The first kappa shape index (κ1) is 7.99. The summed E-state index contributed by atoms with van der Waals surface area (Å²) in [6, 6.07) is 10.4. The van der Waals surface area contributed by atoms with Gasteiger partial charge in [0.2, 0.25) is 0 Å². The van der Waals surface area contributed by atoms with E-state index in [1.54, 1.807) is 0 Å². The van der Waals surface area contributed by atoms with Gasteiger partial charge >= 0.3 is 0 Å². The molecule has 0 saturated heterocycles. The van der Waals surface area contributed by atoms with Crippen LogP contribution < -0.4 is 0 Å². The predicted molar refractivity (Wildman–Crippen MR) is 55.9 cm³/mol. The zero-order chi connectivity index (χ0) is 8.93. The molecule has 1 aliphatic heterocycles. The van der Waals surface area contributed by atoms with Crippen LogP contribution in [0.4, 0.5) is 0 Å². The molecule has 1 nitrogen and oxygen atoms in total. The van der Waals surface area contributed by atoms with Crippen LogP contribution >= 0.6 is 0 Å². The molecule has 1 aromatic carbocycles. The molecule has 0 amide bonds. The molecule has 0 aliphatic carbocycles. The largest absolute Gasteiger partial charge is 0.264 e. The summed E-state index contributed by atoms with van der Waals surface area (Å²) in [6.07, 6.45) is 8.87. The van der Waals surface area contributed by atoms with Gasteiger partial charge in [-0.25, -0.2) is 0 Å². The van der Waals surface area contributed by atoms with Gasteiger partial charge in [-0.05, 0) is 23.6 Å². The molecule has 1 heteroatoms. The standard InChI is InChI=1S/C12H11N/c1-2-4-11(5-3-1)6-7-12-8-9-13-10-12/h1-5,7-10H,6H2. The highest BCUT2D eigenvalue weighted by molar-refractivity contribution is 5.85. The normalized spacial score (nSPS) is 17.1. The van der Waals surface area contributed by atoms with Gasteiger partial charge in [0.15, 0.2) is 0 Å². The van der Waals surface area contributed by atoms with Crippen molar-refractivity contribution in [3.8, 4) is 0 Å². The number of rotatable bonds is 2. The van der Waals surface area contributed by atoms with Crippen molar-refractivity contribution in [3.05, 3.63) is 59.8 Å². The summed E-state index contributed by atoms with van der Waals surface area (Å²) in [7, 11) is 0. The predicted octanol–water partition coefficient (Wildman–Crippen LogP) is 2.75. The molecule has 64 valence electrons. The highest BCUT2D eigenvalue weighted by atomic mass is 14.7.